The molecule has 8 heteroatoms. The fourth-order valence-corrected chi connectivity index (χ4v) is 3.38. The number of rotatable bonds is 8. The number of amides is 2. The Morgan fingerprint density at radius 2 is 1.62 bits per heavy atom. The van der Waals surface area contributed by atoms with Crippen LogP contribution in [0.25, 0.3) is 11.1 Å². The van der Waals surface area contributed by atoms with E-state index in [1.807, 2.05) is 54.0 Å². The van der Waals surface area contributed by atoms with E-state index in [0.717, 1.165) is 22.3 Å². The number of carboxylic acids is 1. The minimum atomic E-state index is -1.22. The van der Waals surface area contributed by atoms with Crippen LogP contribution < -0.4 is 10.8 Å². The molecule has 2 aromatic carbocycles. The van der Waals surface area contributed by atoms with Crippen molar-refractivity contribution < 1.29 is 29.1 Å². The predicted octanol–water partition coefficient (Wildman–Crippen LogP) is 2.44. The van der Waals surface area contributed by atoms with Gasteiger partial charge in [0.2, 0.25) is 0 Å². The Morgan fingerprint density at radius 1 is 1.03 bits per heavy atom. The molecule has 3 N–H and O–H groups in total. The minimum Gasteiger partial charge on any atom is -0.479 e. The van der Waals surface area contributed by atoms with E-state index in [4.69, 9.17) is 9.84 Å². The van der Waals surface area contributed by atoms with Crippen molar-refractivity contribution in [2.75, 3.05) is 13.2 Å². The fourth-order valence-electron chi connectivity index (χ4n) is 3.38. The number of carboxylic acid groups (broad SMARTS) is 1. The van der Waals surface area contributed by atoms with Gasteiger partial charge in [-0.05, 0) is 28.7 Å². The van der Waals surface area contributed by atoms with Crippen LogP contribution in [0.3, 0.4) is 0 Å². The van der Waals surface area contributed by atoms with E-state index < -0.39 is 30.6 Å². The van der Waals surface area contributed by atoms with Gasteiger partial charge >= 0.3 is 12.1 Å². The average molecular weight is 398 g/mol. The molecule has 0 saturated carbocycles. The number of alkyl carbamates (subject to hydrolysis) is 1. The molecule has 0 fully saturated rings. The first-order valence-electron chi connectivity index (χ1n) is 9.26. The molecule has 0 spiro atoms. The van der Waals surface area contributed by atoms with Crippen LogP contribution in [0.1, 0.15) is 30.4 Å². The molecule has 1 aliphatic carbocycles. The number of fused-ring (bicyclic) bond motifs is 3. The highest BCUT2D eigenvalue weighted by atomic mass is 16.7. The second kappa shape index (κ2) is 9.20. The first kappa shape index (κ1) is 20.3. The number of nitrogens with one attached hydrogen (secondary N) is 2. The summed E-state index contributed by atoms with van der Waals surface area (Å²) >= 11 is 0. The van der Waals surface area contributed by atoms with Crippen LogP contribution in [0.4, 0.5) is 4.79 Å². The van der Waals surface area contributed by atoms with Crippen LogP contribution in [-0.4, -0.2) is 42.3 Å². The molecule has 0 aromatic heterocycles. The number of carbonyl (C=O) groups excluding carboxylic acids is 2. The number of hydrogen-bond donors (Lipinski definition) is 3. The van der Waals surface area contributed by atoms with Gasteiger partial charge in [0.1, 0.15) is 12.6 Å². The number of aliphatic carboxylic acids is 1. The summed E-state index contributed by atoms with van der Waals surface area (Å²) in [6.07, 6.45) is -0.445. The van der Waals surface area contributed by atoms with Gasteiger partial charge in [-0.15, -0.1) is 0 Å². The lowest BCUT2D eigenvalue weighted by molar-refractivity contribution is -0.150. The van der Waals surface area contributed by atoms with Crippen LogP contribution in [-0.2, 0) is 19.2 Å². The molecule has 2 aromatic rings. The van der Waals surface area contributed by atoms with Crippen molar-refractivity contribution in [3.63, 3.8) is 0 Å². The third kappa shape index (κ3) is 4.72. The summed E-state index contributed by atoms with van der Waals surface area (Å²) in [5, 5.41) is 11.0. The van der Waals surface area contributed by atoms with Crippen LogP contribution in [0.2, 0.25) is 0 Å². The molecular formula is C21H22N2O6. The summed E-state index contributed by atoms with van der Waals surface area (Å²) in [5.74, 6) is -1.95. The second-order valence-corrected chi connectivity index (χ2v) is 6.58. The van der Waals surface area contributed by atoms with Gasteiger partial charge in [-0.2, -0.15) is 0 Å². The number of hydrogen-bond acceptors (Lipinski definition) is 5. The fraction of sp³-hybridized carbons (Fsp3) is 0.286. The maximum atomic E-state index is 12.2. The largest absolute Gasteiger partial charge is 0.479 e. The molecule has 152 valence electrons. The zero-order valence-corrected chi connectivity index (χ0v) is 15.9. The molecule has 29 heavy (non-hydrogen) atoms. The van der Waals surface area contributed by atoms with E-state index in [1.165, 1.54) is 0 Å². The maximum absolute atomic E-state index is 12.2. The van der Waals surface area contributed by atoms with Gasteiger partial charge in [-0.3, -0.25) is 9.63 Å². The molecule has 1 unspecified atom stereocenters. The van der Waals surface area contributed by atoms with Crippen molar-refractivity contribution in [1.29, 1.82) is 0 Å². The Labute approximate surface area is 167 Å². The quantitative estimate of drug-likeness (QED) is 0.589. The lowest BCUT2D eigenvalue weighted by atomic mass is 9.98. The van der Waals surface area contributed by atoms with Gasteiger partial charge < -0.3 is 15.2 Å². The molecule has 3 rings (SSSR count). The normalized spacial score (nSPS) is 13.1. The molecule has 0 heterocycles. The van der Waals surface area contributed by atoms with Gasteiger partial charge in [-0.1, -0.05) is 55.5 Å². The summed E-state index contributed by atoms with van der Waals surface area (Å²) in [6, 6.07) is 15.1. The Hall–Kier alpha value is -3.39. The molecule has 1 aliphatic rings. The van der Waals surface area contributed by atoms with Crippen molar-refractivity contribution in [3.05, 3.63) is 59.7 Å². The number of ether oxygens (including phenoxy) is 1. The highest BCUT2D eigenvalue weighted by molar-refractivity contribution is 5.85. The van der Waals surface area contributed by atoms with Crippen molar-refractivity contribution in [3.8, 4) is 11.1 Å². The van der Waals surface area contributed by atoms with E-state index in [-0.39, 0.29) is 18.9 Å². The zero-order valence-electron chi connectivity index (χ0n) is 15.9. The Balaban J connectivity index is 1.59. The first-order chi connectivity index (χ1) is 14.0. The third-order valence-corrected chi connectivity index (χ3v) is 4.73. The minimum absolute atomic E-state index is 0.0825. The molecule has 2 amide bonds. The van der Waals surface area contributed by atoms with Crippen molar-refractivity contribution in [2.24, 2.45) is 0 Å². The van der Waals surface area contributed by atoms with Gasteiger partial charge in [-0.25, -0.2) is 15.1 Å². The lowest BCUT2D eigenvalue weighted by Crippen LogP contribution is -2.47. The summed E-state index contributed by atoms with van der Waals surface area (Å²) in [5.41, 5.74) is 6.43. The molecule has 0 saturated heterocycles. The van der Waals surface area contributed by atoms with Gasteiger partial charge in [0.15, 0.2) is 6.61 Å². The Kier molecular flexibility index (Phi) is 6.46. The third-order valence-electron chi connectivity index (χ3n) is 4.73. The SMILES string of the molecule is CCC(NC(=O)OCC1c2ccccc2-c2ccccc21)C(=O)NOCC(=O)O. The van der Waals surface area contributed by atoms with Crippen LogP contribution in [0, 0.1) is 0 Å². The summed E-state index contributed by atoms with van der Waals surface area (Å²) < 4.78 is 5.40. The van der Waals surface area contributed by atoms with Crippen molar-refractivity contribution in [2.45, 2.75) is 25.3 Å². The second-order valence-electron chi connectivity index (χ2n) is 6.58. The van der Waals surface area contributed by atoms with E-state index in [2.05, 4.69) is 10.2 Å². The van der Waals surface area contributed by atoms with Crippen LogP contribution in [0.15, 0.2) is 48.5 Å². The molecular weight excluding hydrogens is 376 g/mol. The lowest BCUT2D eigenvalue weighted by Gasteiger charge is -2.18. The number of hydroxylamine groups is 1. The highest BCUT2D eigenvalue weighted by Crippen LogP contribution is 2.44. The monoisotopic (exact) mass is 398 g/mol. The Bertz CT molecular complexity index is 868. The summed E-state index contributed by atoms with van der Waals surface area (Å²) in [4.78, 5) is 39.2. The van der Waals surface area contributed by atoms with Crippen LogP contribution in [0.5, 0.6) is 0 Å². The predicted molar refractivity (Wildman–Crippen MR) is 104 cm³/mol. The molecule has 8 nitrogen and oxygen atoms in total. The topological polar surface area (TPSA) is 114 Å². The van der Waals surface area contributed by atoms with Gasteiger partial charge in [0.25, 0.3) is 5.91 Å². The van der Waals surface area contributed by atoms with E-state index >= 15 is 0 Å². The Morgan fingerprint density at radius 3 is 2.17 bits per heavy atom. The maximum Gasteiger partial charge on any atom is 0.407 e. The van der Waals surface area contributed by atoms with Gasteiger partial charge in [0.05, 0.1) is 0 Å². The molecule has 0 aliphatic heterocycles. The zero-order chi connectivity index (χ0) is 20.8. The first-order valence-corrected chi connectivity index (χ1v) is 9.26. The standard InChI is InChI=1S/C21H22N2O6/c1-2-18(20(26)23-29-12-19(24)25)22-21(27)28-11-17-15-9-5-3-7-13(15)14-8-4-6-10-16(14)17/h3-10,17-18H,2,11-12H2,1H3,(H,22,27)(H,23,26)(H,24,25). The van der Waals surface area contributed by atoms with Gasteiger partial charge in [0, 0.05) is 5.92 Å². The van der Waals surface area contributed by atoms with E-state index in [1.54, 1.807) is 6.92 Å². The number of carbonyl (C=O) groups is 3. The number of benzene rings is 2. The van der Waals surface area contributed by atoms with E-state index in [0.29, 0.717) is 0 Å². The van der Waals surface area contributed by atoms with Crippen molar-refractivity contribution in [1.82, 2.24) is 10.8 Å². The average Bonchev–Trinajstić information content (AvgIpc) is 3.04. The summed E-state index contributed by atoms with van der Waals surface area (Å²) in [6.45, 7) is 1.16. The highest BCUT2D eigenvalue weighted by Gasteiger charge is 2.29. The van der Waals surface area contributed by atoms with Crippen molar-refractivity contribution >= 4 is 18.0 Å². The van der Waals surface area contributed by atoms with Crippen LogP contribution >= 0.6 is 0 Å². The molecule has 0 radical (unpaired) electrons. The smallest absolute Gasteiger partial charge is 0.407 e. The van der Waals surface area contributed by atoms with E-state index in [9.17, 15) is 14.4 Å². The summed E-state index contributed by atoms with van der Waals surface area (Å²) in [7, 11) is 0. The molecule has 0 bridgehead atoms. The molecule has 1 atom stereocenters.